The Morgan fingerprint density at radius 1 is 1.04 bits per heavy atom. The molecule has 0 atom stereocenters. The maximum atomic E-state index is 11.7. The number of esters is 1. The van der Waals surface area contributed by atoms with Crippen LogP contribution in [0.2, 0.25) is 0 Å². The predicted octanol–water partition coefficient (Wildman–Crippen LogP) is 5.14. The Kier molecular flexibility index (Phi) is 6.04. The molecule has 0 aromatic carbocycles. The van der Waals surface area contributed by atoms with Gasteiger partial charge in [-0.2, -0.15) is 0 Å². The Labute approximate surface area is 157 Å². The van der Waals surface area contributed by atoms with E-state index in [1.807, 2.05) is 20.8 Å². The van der Waals surface area contributed by atoms with Crippen LogP contribution in [0.25, 0.3) is 0 Å². The highest BCUT2D eigenvalue weighted by atomic mass is 16.6. The van der Waals surface area contributed by atoms with Gasteiger partial charge in [-0.15, -0.1) is 0 Å². The first-order chi connectivity index (χ1) is 11.9. The molecule has 4 bridgehead atoms. The normalized spacial score (nSPS) is 32.5. The molecule has 0 heterocycles. The van der Waals surface area contributed by atoms with E-state index in [0.29, 0.717) is 11.1 Å². The lowest BCUT2D eigenvalue weighted by molar-refractivity contribution is -0.182. The molecule has 0 unspecified atom stereocenters. The number of carbonyl (C=O) groups is 2. The predicted molar refractivity (Wildman–Crippen MR) is 103 cm³/mol. The molecule has 0 aliphatic heterocycles. The standard InChI is InChI=1S/C14H20O2.C8H14O2/c1-9(2)13(15)16-14-6-10-3-11(7-14)5-12(4-10)8-14;1-6(7(9)10)5-8(2,3)4/h10-12H,1,3-8H2,2H3;5H,1-4H3,(H,9,10). The molecule has 0 amide bonds. The monoisotopic (exact) mass is 362 g/mol. The maximum absolute atomic E-state index is 11.7. The molecule has 4 rings (SSSR count). The molecule has 1 N–H and O–H groups in total. The Morgan fingerprint density at radius 3 is 1.73 bits per heavy atom. The Bertz CT molecular complexity index is 571. The molecule has 0 spiro atoms. The summed E-state index contributed by atoms with van der Waals surface area (Å²) in [5.41, 5.74) is 0.802. The molecule has 4 aliphatic carbocycles. The van der Waals surface area contributed by atoms with Crippen molar-refractivity contribution in [3.63, 3.8) is 0 Å². The van der Waals surface area contributed by atoms with Gasteiger partial charge in [0, 0.05) is 11.1 Å². The minimum absolute atomic E-state index is 0.0392. The minimum Gasteiger partial charge on any atom is -0.478 e. The highest BCUT2D eigenvalue weighted by molar-refractivity contribution is 5.87. The zero-order valence-corrected chi connectivity index (χ0v) is 16.9. The fourth-order valence-corrected chi connectivity index (χ4v) is 5.15. The Morgan fingerprint density at radius 2 is 1.46 bits per heavy atom. The molecule has 146 valence electrons. The van der Waals surface area contributed by atoms with E-state index >= 15 is 0 Å². The van der Waals surface area contributed by atoms with Crippen LogP contribution in [-0.2, 0) is 14.3 Å². The van der Waals surface area contributed by atoms with Crippen molar-refractivity contribution < 1.29 is 19.4 Å². The van der Waals surface area contributed by atoms with E-state index in [2.05, 4.69) is 6.58 Å². The number of carboxylic acid groups (broad SMARTS) is 1. The van der Waals surface area contributed by atoms with Gasteiger partial charge in [-0.3, -0.25) is 0 Å². The third-order valence-corrected chi connectivity index (χ3v) is 5.63. The zero-order chi connectivity index (χ0) is 19.7. The number of hydrogen-bond donors (Lipinski definition) is 1. The fraction of sp³-hybridized carbons (Fsp3) is 0.727. The third kappa shape index (κ3) is 5.46. The van der Waals surface area contributed by atoms with Crippen molar-refractivity contribution in [2.24, 2.45) is 23.2 Å². The molecule has 4 fully saturated rings. The first kappa shape index (κ1) is 20.7. The summed E-state index contributed by atoms with van der Waals surface area (Å²) in [4.78, 5) is 22.0. The van der Waals surface area contributed by atoms with Crippen LogP contribution in [0.1, 0.15) is 73.1 Å². The van der Waals surface area contributed by atoms with E-state index in [4.69, 9.17) is 9.84 Å². The molecule has 26 heavy (non-hydrogen) atoms. The van der Waals surface area contributed by atoms with Gasteiger partial charge in [-0.1, -0.05) is 33.4 Å². The molecular weight excluding hydrogens is 328 g/mol. The van der Waals surface area contributed by atoms with E-state index < -0.39 is 5.97 Å². The maximum Gasteiger partial charge on any atom is 0.333 e. The smallest absolute Gasteiger partial charge is 0.333 e. The first-order valence-electron chi connectivity index (χ1n) is 9.71. The lowest BCUT2D eigenvalue weighted by atomic mass is 9.54. The summed E-state index contributed by atoms with van der Waals surface area (Å²) < 4.78 is 5.77. The lowest BCUT2D eigenvalue weighted by Gasteiger charge is -2.55. The van der Waals surface area contributed by atoms with Gasteiger partial charge < -0.3 is 9.84 Å². The van der Waals surface area contributed by atoms with Gasteiger partial charge in [-0.25, -0.2) is 9.59 Å². The molecule has 0 saturated heterocycles. The average Bonchev–Trinajstić information content (AvgIpc) is 2.43. The fourth-order valence-electron chi connectivity index (χ4n) is 5.15. The van der Waals surface area contributed by atoms with E-state index in [0.717, 1.165) is 37.0 Å². The van der Waals surface area contributed by atoms with Gasteiger partial charge in [-0.05, 0) is 75.5 Å². The molecule has 0 aromatic rings. The largest absolute Gasteiger partial charge is 0.478 e. The van der Waals surface area contributed by atoms with Crippen molar-refractivity contribution >= 4 is 11.9 Å². The Hall–Kier alpha value is -1.58. The van der Waals surface area contributed by atoms with Crippen LogP contribution >= 0.6 is 0 Å². The molecule has 4 aliphatic rings. The molecule has 4 saturated carbocycles. The van der Waals surface area contributed by atoms with Crippen LogP contribution in [-0.4, -0.2) is 22.6 Å². The third-order valence-electron chi connectivity index (χ3n) is 5.63. The number of allylic oxidation sites excluding steroid dienone is 1. The van der Waals surface area contributed by atoms with Crippen LogP contribution < -0.4 is 0 Å². The lowest BCUT2D eigenvalue weighted by Crippen LogP contribution is -2.52. The second-order valence-electron chi connectivity index (χ2n) is 9.77. The summed E-state index contributed by atoms with van der Waals surface area (Å²) >= 11 is 0. The summed E-state index contributed by atoms with van der Waals surface area (Å²) in [6.07, 6.45) is 9.21. The van der Waals surface area contributed by atoms with Crippen molar-refractivity contribution in [2.75, 3.05) is 0 Å². The van der Waals surface area contributed by atoms with Crippen LogP contribution in [0.15, 0.2) is 23.8 Å². The Balaban J connectivity index is 0.000000213. The van der Waals surface area contributed by atoms with Crippen molar-refractivity contribution in [1.29, 1.82) is 0 Å². The number of carboxylic acids is 1. The summed E-state index contributed by atoms with van der Waals surface area (Å²) in [6.45, 7) is 12.9. The quantitative estimate of drug-likeness (QED) is 0.558. The second-order valence-corrected chi connectivity index (χ2v) is 9.77. The highest BCUT2D eigenvalue weighted by Gasteiger charge is 2.53. The molecular formula is C22H34O4. The van der Waals surface area contributed by atoms with Crippen LogP contribution in [0.4, 0.5) is 0 Å². The van der Waals surface area contributed by atoms with Crippen molar-refractivity contribution in [3.8, 4) is 0 Å². The molecule has 4 heteroatoms. The second kappa shape index (κ2) is 7.58. The summed E-state index contributed by atoms with van der Waals surface area (Å²) in [7, 11) is 0. The van der Waals surface area contributed by atoms with Gasteiger partial charge in [0.1, 0.15) is 5.60 Å². The summed E-state index contributed by atoms with van der Waals surface area (Å²) in [5, 5.41) is 8.48. The van der Waals surface area contributed by atoms with E-state index in [1.54, 1.807) is 19.9 Å². The van der Waals surface area contributed by atoms with Gasteiger partial charge in [0.25, 0.3) is 0 Å². The van der Waals surface area contributed by atoms with E-state index in [9.17, 15) is 9.59 Å². The van der Waals surface area contributed by atoms with Gasteiger partial charge in [0.15, 0.2) is 0 Å². The summed E-state index contributed by atoms with van der Waals surface area (Å²) in [5.74, 6) is 1.45. The van der Waals surface area contributed by atoms with Crippen molar-refractivity contribution in [2.45, 2.75) is 78.7 Å². The molecule has 4 nitrogen and oxygen atoms in total. The summed E-state index contributed by atoms with van der Waals surface area (Å²) in [6, 6.07) is 0. The van der Waals surface area contributed by atoms with E-state index in [1.165, 1.54) is 19.3 Å². The van der Waals surface area contributed by atoms with Crippen LogP contribution in [0, 0.1) is 23.2 Å². The molecule has 0 aromatic heterocycles. The van der Waals surface area contributed by atoms with Crippen LogP contribution in [0.5, 0.6) is 0 Å². The van der Waals surface area contributed by atoms with Crippen molar-refractivity contribution in [1.82, 2.24) is 0 Å². The zero-order valence-electron chi connectivity index (χ0n) is 16.9. The number of aliphatic carboxylic acids is 1. The highest BCUT2D eigenvalue weighted by Crippen LogP contribution is 2.57. The van der Waals surface area contributed by atoms with Crippen molar-refractivity contribution in [3.05, 3.63) is 23.8 Å². The first-order valence-corrected chi connectivity index (χ1v) is 9.71. The van der Waals surface area contributed by atoms with Crippen LogP contribution in [0.3, 0.4) is 0 Å². The number of rotatable bonds is 3. The van der Waals surface area contributed by atoms with E-state index in [-0.39, 0.29) is 17.0 Å². The number of carbonyl (C=O) groups excluding carboxylic acids is 1. The topological polar surface area (TPSA) is 63.6 Å². The van der Waals surface area contributed by atoms with Gasteiger partial charge in [0.05, 0.1) is 0 Å². The molecule has 0 radical (unpaired) electrons. The number of hydrogen-bond acceptors (Lipinski definition) is 3. The van der Waals surface area contributed by atoms with Gasteiger partial charge in [0.2, 0.25) is 0 Å². The average molecular weight is 363 g/mol. The number of ether oxygens (including phenoxy) is 1. The minimum atomic E-state index is -0.838. The SMILES string of the molecule is C=C(C)C(=O)OC12CC3CC(CC(C3)C1)C2.CC(=CC(C)(C)C)C(=O)O. The van der Waals surface area contributed by atoms with Gasteiger partial charge >= 0.3 is 11.9 Å².